The van der Waals surface area contributed by atoms with Crippen molar-refractivity contribution in [3.63, 3.8) is 0 Å². The topological polar surface area (TPSA) is 97.4 Å². The second-order valence-electron chi connectivity index (χ2n) is 7.01. The van der Waals surface area contributed by atoms with E-state index in [-0.39, 0.29) is 23.9 Å². The fraction of sp³-hybridized carbons (Fsp3) is 0.300. The predicted octanol–water partition coefficient (Wildman–Crippen LogP) is 3.51. The molecule has 0 aliphatic heterocycles. The van der Waals surface area contributed by atoms with E-state index in [0.717, 1.165) is 5.56 Å². The van der Waals surface area contributed by atoms with Crippen molar-refractivity contribution < 1.29 is 17.6 Å². The van der Waals surface area contributed by atoms with E-state index in [1.165, 1.54) is 22.3 Å². The van der Waals surface area contributed by atoms with E-state index in [2.05, 4.69) is 10.4 Å². The third-order valence-corrected chi connectivity index (χ3v) is 7.15. The predicted molar refractivity (Wildman–Crippen MR) is 114 cm³/mol. The summed E-state index contributed by atoms with van der Waals surface area (Å²) in [6.07, 6.45) is 1.49. The Bertz CT molecular complexity index is 1170. The van der Waals surface area contributed by atoms with Crippen molar-refractivity contribution in [3.8, 4) is 0 Å². The van der Waals surface area contributed by atoms with Crippen LogP contribution in [0.4, 0.5) is 5.69 Å². The summed E-state index contributed by atoms with van der Waals surface area (Å²) in [7, 11) is -2.35. The average molecular weight is 451 g/mol. The van der Waals surface area contributed by atoms with Gasteiger partial charge in [0.25, 0.3) is 0 Å². The van der Waals surface area contributed by atoms with Gasteiger partial charge < -0.3 is 9.73 Å². The lowest BCUT2D eigenvalue weighted by Crippen LogP contribution is -2.27. The number of halogens is 1. The first-order valence-electron chi connectivity index (χ1n) is 9.18. The molecule has 0 aliphatic rings. The van der Waals surface area contributed by atoms with Gasteiger partial charge in [-0.2, -0.15) is 9.40 Å². The summed E-state index contributed by atoms with van der Waals surface area (Å²) in [6.45, 7) is 5.07. The number of hydrogen-bond donors (Lipinski definition) is 1. The normalized spacial score (nSPS) is 11.8. The summed E-state index contributed by atoms with van der Waals surface area (Å²) < 4.78 is 34.0. The van der Waals surface area contributed by atoms with Gasteiger partial charge in [-0.15, -0.1) is 0 Å². The highest BCUT2D eigenvalue weighted by Gasteiger charge is 2.29. The van der Waals surface area contributed by atoms with Crippen LogP contribution in [0.1, 0.15) is 22.7 Å². The molecular formula is C20H23ClN4O4S. The first kappa shape index (κ1) is 22.1. The molecule has 0 saturated carbocycles. The van der Waals surface area contributed by atoms with Gasteiger partial charge in [0.1, 0.15) is 17.2 Å². The lowest BCUT2D eigenvalue weighted by atomic mass is 10.2. The Morgan fingerprint density at radius 2 is 2.00 bits per heavy atom. The first-order chi connectivity index (χ1) is 14.1. The maximum atomic E-state index is 13.1. The van der Waals surface area contributed by atoms with Crippen molar-refractivity contribution in [3.05, 3.63) is 64.3 Å². The molecule has 30 heavy (non-hydrogen) atoms. The van der Waals surface area contributed by atoms with Gasteiger partial charge in [-0.25, -0.2) is 8.42 Å². The molecule has 2 aromatic heterocycles. The van der Waals surface area contributed by atoms with Crippen LogP contribution in [0, 0.1) is 20.8 Å². The number of aromatic nitrogens is 2. The Morgan fingerprint density at radius 3 is 2.63 bits per heavy atom. The molecule has 10 heteroatoms. The molecular weight excluding hydrogens is 428 g/mol. The Hall–Kier alpha value is -2.62. The van der Waals surface area contributed by atoms with Crippen LogP contribution in [0.3, 0.4) is 0 Å². The molecule has 8 nitrogen and oxygen atoms in total. The van der Waals surface area contributed by atoms with Crippen molar-refractivity contribution in [2.75, 3.05) is 12.4 Å². The molecule has 1 aromatic carbocycles. The zero-order chi connectivity index (χ0) is 22.1. The number of amides is 1. The van der Waals surface area contributed by atoms with E-state index in [0.29, 0.717) is 27.9 Å². The number of hydrogen-bond acceptors (Lipinski definition) is 5. The van der Waals surface area contributed by atoms with Gasteiger partial charge in [0.2, 0.25) is 15.9 Å². The van der Waals surface area contributed by atoms with Gasteiger partial charge in [0.15, 0.2) is 0 Å². The summed E-state index contributed by atoms with van der Waals surface area (Å²) in [5.74, 6) is 0.188. The Morgan fingerprint density at radius 1 is 1.27 bits per heavy atom. The van der Waals surface area contributed by atoms with Crippen LogP contribution < -0.4 is 5.32 Å². The van der Waals surface area contributed by atoms with Crippen molar-refractivity contribution in [1.82, 2.24) is 14.1 Å². The molecule has 0 aliphatic carbocycles. The monoisotopic (exact) mass is 450 g/mol. The number of benzene rings is 1. The van der Waals surface area contributed by atoms with Gasteiger partial charge >= 0.3 is 0 Å². The smallest absolute Gasteiger partial charge is 0.246 e. The van der Waals surface area contributed by atoms with Gasteiger partial charge in [0, 0.05) is 17.8 Å². The summed E-state index contributed by atoms with van der Waals surface area (Å²) in [6, 6.07) is 8.62. The zero-order valence-corrected chi connectivity index (χ0v) is 18.7. The van der Waals surface area contributed by atoms with Crippen LogP contribution in [0.15, 0.2) is 45.9 Å². The first-order valence-corrected chi connectivity index (χ1v) is 11.0. The quantitative estimate of drug-likeness (QED) is 0.594. The second kappa shape index (κ2) is 8.63. The van der Waals surface area contributed by atoms with Gasteiger partial charge in [-0.05, 0) is 50.6 Å². The highest BCUT2D eigenvalue weighted by molar-refractivity contribution is 7.89. The number of nitrogens with one attached hydrogen (secondary N) is 1. The molecule has 0 bridgehead atoms. The lowest BCUT2D eigenvalue weighted by molar-refractivity contribution is -0.116. The minimum absolute atomic E-state index is 0.0859. The van der Waals surface area contributed by atoms with Crippen LogP contribution in [0.25, 0.3) is 0 Å². The maximum absolute atomic E-state index is 13.1. The number of rotatable bonds is 7. The number of nitrogens with zero attached hydrogens (tertiary/aromatic N) is 3. The molecule has 3 aromatic rings. The van der Waals surface area contributed by atoms with Crippen LogP contribution in [-0.4, -0.2) is 35.5 Å². The molecule has 2 heterocycles. The van der Waals surface area contributed by atoms with Crippen molar-refractivity contribution in [1.29, 1.82) is 0 Å². The Kier molecular flexibility index (Phi) is 6.35. The standard InChI is InChI=1S/C20H23ClN4O4S/c1-13-7-8-16(10-18(13)21)22-19(26)12-25-15(3)20(14(2)23-25)30(27,28)24(4)11-17-6-5-9-29-17/h5-10H,11-12H2,1-4H3,(H,22,26). The number of furan rings is 1. The minimum Gasteiger partial charge on any atom is -0.468 e. The van der Waals surface area contributed by atoms with E-state index in [9.17, 15) is 13.2 Å². The van der Waals surface area contributed by atoms with E-state index in [1.807, 2.05) is 6.92 Å². The molecule has 160 valence electrons. The van der Waals surface area contributed by atoms with Crippen LogP contribution in [-0.2, 0) is 27.9 Å². The highest BCUT2D eigenvalue weighted by atomic mass is 35.5. The molecule has 0 unspecified atom stereocenters. The zero-order valence-electron chi connectivity index (χ0n) is 17.1. The van der Waals surface area contributed by atoms with Gasteiger partial charge in [0.05, 0.1) is 24.2 Å². The van der Waals surface area contributed by atoms with Crippen LogP contribution in [0.5, 0.6) is 0 Å². The highest BCUT2D eigenvalue weighted by Crippen LogP contribution is 2.24. The third-order valence-electron chi connectivity index (χ3n) is 4.69. The Balaban J connectivity index is 1.79. The number of aryl methyl sites for hydroxylation is 2. The van der Waals surface area contributed by atoms with Crippen LogP contribution >= 0.6 is 11.6 Å². The lowest BCUT2D eigenvalue weighted by Gasteiger charge is -2.16. The summed E-state index contributed by atoms with van der Waals surface area (Å²) in [5, 5.41) is 7.57. The SMILES string of the molecule is Cc1ccc(NC(=O)Cn2nc(C)c(S(=O)(=O)N(C)Cc3ccco3)c2C)cc1Cl. The van der Waals surface area contributed by atoms with Crippen LogP contribution in [0.2, 0.25) is 5.02 Å². The number of carbonyl (C=O) groups is 1. The minimum atomic E-state index is -3.82. The molecule has 0 spiro atoms. The molecule has 0 fully saturated rings. The van der Waals surface area contributed by atoms with E-state index in [4.69, 9.17) is 16.0 Å². The van der Waals surface area contributed by atoms with E-state index >= 15 is 0 Å². The summed E-state index contributed by atoms with van der Waals surface area (Å²) in [4.78, 5) is 12.5. The molecule has 0 atom stereocenters. The van der Waals surface area contributed by atoms with Crippen molar-refractivity contribution in [2.24, 2.45) is 0 Å². The molecule has 1 N–H and O–H groups in total. The molecule has 1 amide bonds. The summed E-state index contributed by atoms with van der Waals surface area (Å²) >= 11 is 6.09. The fourth-order valence-electron chi connectivity index (χ4n) is 3.08. The van der Waals surface area contributed by atoms with Gasteiger partial charge in [-0.1, -0.05) is 17.7 Å². The van der Waals surface area contributed by atoms with E-state index < -0.39 is 10.0 Å². The Labute approximate surface area is 180 Å². The van der Waals surface area contributed by atoms with E-state index in [1.54, 1.807) is 44.2 Å². The third kappa shape index (κ3) is 4.58. The van der Waals surface area contributed by atoms with Gasteiger partial charge in [-0.3, -0.25) is 9.48 Å². The molecule has 3 rings (SSSR count). The second-order valence-corrected chi connectivity index (χ2v) is 9.40. The van der Waals surface area contributed by atoms with Crippen molar-refractivity contribution >= 4 is 33.2 Å². The largest absolute Gasteiger partial charge is 0.468 e. The fourth-order valence-corrected chi connectivity index (χ4v) is 4.76. The average Bonchev–Trinajstić information content (AvgIpc) is 3.26. The summed E-state index contributed by atoms with van der Waals surface area (Å²) in [5.41, 5.74) is 2.17. The molecule has 0 saturated heterocycles. The molecule has 0 radical (unpaired) electrons. The maximum Gasteiger partial charge on any atom is 0.246 e. The number of carbonyl (C=O) groups excluding carboxylic acids is 1. The van der Waals surface area contributed by atoms with Crippen molar-refractivity contribution in [2.45, 2.75) is 38.8 Å². The number of anilines is 1. The number of sulfonamides is 1.